The van der Waals surface area contributed by atoms with Crippen LogP contribution in [-0.4, -0.2) is 45.7 Å². The number of nitrogens with one attached hydrogen (secondary N) is 1. The average Bonchev–Trinajstić information content (AvgIpc) is 3.02. The second-order valence-corrected chi connectivity index (χ2v) is 8.95. The lowest BCUT2D eigenvalue weighted by molar-refractivity contribution is -0.123. The number of thiocarbonyl (C=S) groups is 1. The highest BCUT2D eigenvalue weighted by Crippen LogP contribution is 2.48. The van der Waals surface area contributed by atoms with Crippen LogP contribution in [0.4, 0.5) is 17.2 Å². The molecule has 4 heterocycles. The van der Waals surface area contributed by atoms with E-state index >= 15 is 0 Å². The van der Waals surface area contributed by atoms with Crippen LogP contribution < -0.4 is 19.9 Å². The molecule has 0 atom stereocenters. The Morgan fingerprint density at radius 3 is 2.56 bits per heavy atom. The van der Waals surface area contributed by atoms with Crippen molar-refractivity contribution in [1.82, 2.24) is 15.3 Å². The Morgan fingerprint density at radius 2 is 1.97 bits per heavy atom. The summed E-state index contributed by atoms with van der Waals surface area (Å²) in [5.41, 5.74) is 0.492. The molecule has 1 saturated carbocycles. The molecule has 1 spiro atoms. The number of ether oxygens (including phenoxy) is 1. The van der Waals surface area contributed by atoms with Gasteiger partial charge in [-0.1, -0.05) is 18.2 Å². The van der Waals surface area contributed by atoms with Gasteiger partial charge in [0.25, 0.3) is 11.7 Å². The number of anilines is 2. The fourth-order valence-electron chi connectivity index (χ4n) is 4.49. The lowest BCUT2D eigenvalue weighted by Crippen LogP contribution is -2.55. The predicted molar refractivity (Wildman–Crippen MR) is 125 cm³/mol. The number of carbonyl (C=O) groups is 1. The van der Waals surface area contributed by atoms with E-state index in [9.17, 15) is 4.79 Å². The van der Waals surface area contributed by atoms with Gasteiger partial charge in [-0.05, 0) is 69.5 Å². The average molecular weight is 469 g/mol. The van der Waals surface area contributed by atoms with E-state index in [1.807, 2.05) is 17.0 Å². The number of piperidine rings is 1. The van der Waals surface area contributed by atoms with Crippen LogP contribution in [0.25, 0.3) is 4.85 Å². The molecule has 2 aromatic heterocycles. The number of aromatic nitrogens is 2. The molecule has 1 aliphatic carbocycles. The lowest BCUT2D eigenvalue weighted by Gasteiger charge is -2.42. The van der Waals surface area contributed by atoms with E-state index in [0.717, 1.165) is 38.0 Å². The summed E-state index contributed by atoms with van der Waals surface area (Å²) in [5, 5.41) is 3.87. The van der Waals surface area contributed by atoms with Gasteiger partial charge in [0.2, 0.25) is 5.88 Å². The summed E-state index contributed by atoms with van der Waals surface area (Å²) in [6.45, 7) is 9.02. The Labute approximate surface area is 196 Å². The third-order valence-electron chi connectivity index (χ3n) is 6.32. The minimum atomic E-state index is -0.721. The van der Waals surface area contributed by atoms with Crippen molar-refractivity contribution < 1.29 is 9.53 Å². The summed E-state index contributed by atoms with van der Waals surface area (Å²) < 4.78 is 6.01. The topological polar surface area (TPSA) is 75.0 Å². The molecule has 2 aliphatic heterocycles. The molecule has 10 heteroatoms. The van der Waals surface area contributed by atoms with E-state index in [1.165, 1.54) is 11.1 Å². The van der Waals surface area contributed by atoms with Crippen LogP contribution in [0.15, 0.2) is 30.6 Å². The molecule has 5 rings (SSSR count). The highest BCUT2D eigenvalue weighted by Gasteiger charge is 2.59. The van der Waals surface area contributed by atoms with E-state index in [0.29, 0.717) is 29.5 Å². The molecule has 0 radical (unpaired) electrons. The molecule has 3 fully saturated rings. The highest BCUT2D eigenvalue weighted by atomic mass is 35.5. The Kier molecular flexibility index (Phi) is 5.45. The number of nitrogens with zero attached hydrogens (tertiary/aromatic N) is 5. The first-order valence-electron chi connectivity index (χ1n) is 10.6. The maximum Gasteiger partial charge on any atom is 0.288 e. The quantitative estimate of drug-likeness (QED) is 0.539. The zero-order chi connectivity index (χ0) is 22.3. The normalized spacial score (nSPS) is 20.4. The molecule has 0 aromatic carbocycles. The van der Waals surface area contributed by atoms with Gasteiger partial charge in [-0.2, -0.15) is 0 Å². The molecular weight excluding hydrogens is 448 g/mol. The number of hydrogen-bond donors (Lipinski definition) is 1. The van der Waals surface area contributed by atoms with Crippen molar-refractivity contribution in [3.63, 3.8) is 0 Å². The SMILES string of the molecule is [C-]#[N+]c1ncc(N2C(=O)C3(CCC3)N(c3ccc(OC4CCNCC4)nc3)C2=S)cc1Cl. The molecule has 32 heavy (non-hydrogen) atoms. The van der Waals surface area contributed by atoms with Crippen molar-refractivity contribution in [1.29, 1.82) is 0 Å². The van der Waals surface area contributed by atoms with Crippen molar-refractivity contribution in [2.45, 2.75) is 43.7 Å². The molecule has 8 nitrogen and oxygen atoms in total. The Hall–Kier alpha value is -2.80. The monoisotopic (exact) mass is 468 g/mol. The van der Waals surface area contributed by atoms with E-state index in [1.54, 1.807) is 12.3 Å². The second-order valence-electron chi connectivity index (χ2n) is 8.18. The molecule has 0 unspecified atom stereocenters. The third kappa shape index (κ3) is 3.39. The summed E-state index contributed by atoms with van der Waals surface area (Å²) in [7, 11) is 0. The molecule has 1 amide bonds. The van der Waals surface area contributed by atoms with Crippen molar-refractivity contribution in [2.75, 3.05) is 22.9 Å². The lowest BCUT2D eigenvalue weighted by atomic mass is 9.75. The number of hydrogen-bond acceptors (Lipinski definition) is 6. The summed E-state index contributed by atoms with van der Waals surface area (Å²) in [6.07, 6.45) is 7.60. The molecule has 164 valence electrons. The highest BCUT2D eigenvalue weighted by molar-refractivity contribution is 7.81. The summed E-state index contributed by atoms with van der Waals surface area (Å²) in [6, 6.07) is 5.30. The third-order valence-corrected chi connectivity index (χ3v) is 6.96. The number of halogens is 1. The summed E-state index contributed by atoms with van der Waals surface area (Å²) in [5.74, 6) is 0.566. The van der Waals surface area contributed by atoms with Crippen molar-refractivity contribution in [2.24, 2.45) is 0 Å². The van der Waals surface area contributed by atoms with Gasteiger partial charge < -0.3 is 19.8 Å². The maximum absolute atomic E-state index is 13.5. The minimum absolute atomic E-state index is 0.0942. The Morgan fingerprint density at radius 1 is 1.22 bits per heavy atom. The number of amides is 1. The van der Waals surface area contributed by atoms with E-state index in [-0.39, 0.29) is 22.9 Å². The largest absolute Gasteiger partial charge is 0.474 e. The fraction of sp³-hybridized carbons (Fsp3) is 0.409. The van der Waals surface area contributed by atoms with Crippen molar-refractivity contribution in [3.8, 4) is 5.88 Å². The molecule has 3 aliphatic rings. The van der Waals surface area contributed by atoms with Crippen molar-refractivity contribution in [3.05, 3.63) is 47.0 Å². The minimum Gasteiger partial charge on any atom is -0.474 e. The summed E-state index contributed by atoms with van der Waals surface area (Å²) in [4.78, 5) is 28.7. The first kappa shape index (κ1) is 21.1. The van der Waals surface area contributed by atoms with Crippen LogP contribution in [0.3, 0.4) is 0 Å². The smallest absolute Gasteiger partial charge is 0.288 e. The predicted octanol–water partition coefficient (Wildman–Crippen LogP) is 3.87. The summed E-state index contributed by atoms with van der Waals surface area (Å²) >= 11 is 11.9. The zero-order valence-corrected chi connectivity index (χ0v) is 18.8. The maximum atomic E-state index is 13.5. The molecule has 2 aromatic rings. The van der Waals surface area contributed by atoms with Gasteiger partial charge in [0.1, 0.15) is 17.8 Å². The van der Waals surface area contributed by atoms with Crippen LogP contribution >= 0.6 is 23.8 Å². The van der Waals surface area contributed by atoms with E-state index in [4.69, 9.17) is 35.1 Å². The molecule has 2 saturated heterocycles. The van der Waals surface area contributed by atoms with Crippen LogP contribution in [-0.2, 0) is 4.79 Å². The van der Waals surface area contributed by atoms with Crippen LogP contribution in [0, 0.1) is 6.57 Å². The standard InChI is InChI=1S/C22H21ClN6O2S/c1-24-19-17(23)11-15(13-27-19)28-20(30)22(7-2-8-22)29(21(28)32)14-3-4-18(26-12-14)31-16-5-9-25-10-6-16/h3-4,11-13,16,25H,2,5-10H2. The van der Waals surface area contributed by atoms with E-state index in [2.05, 4.69) is 20.1 Å². The first-order valence-corrected chi connectivity index (χ1v) is 11.4. The van der Waals surface area contributed by atoms with Gasteiger partial charge in [0.15, 0.2) is 5.11 Å². The van der Waals surface area contributed by atoms with Gasteiger partial charge in [-0.3, -0.25) is 9.69 Å². The Balaban J connectivity index is 1.43. The molecular formula is C22H21ClN6O2S. The van der Waals surface area contributed by atoms with Gasteiger partial charge >= 0.3 is 0 Å². The zero-order valence-electron chi connectivity index (χ0n) is 17.3. The van der Waals surface area contributed by atoms with Gasteiger partial charge in [0, 0.05) is 6.07 Å². The van der Waals surface area contributed by atoms with Gasteiger partial charge in [0.05, 0.1) is 22.6 Å². The van der Waals surface area contributed by atoms with Crippen LogP contribution in [0.5, 0.6) is 5.88 Å². The van der Waals surface area contributed by atoms with Crippen LogP contribution in [0.1, 0.15) is 32.1 Å². The number of carbonyl (C=O) groups excluding carboxylic acids is 1. The van der Waals surface area contributed by atoms with Crippen molar-refractivity contribution >= 4 is 52.0 Å². The number of rotatable bonds is 4. The molecule has 1 N–H and O–H groups in total. The van der Waals surface area contributed by atoms with Gasteiger partial charge in [-0.15, -0.1) is 4.98 Å². The Bertz CT molecular complexity index is 1110. The van der Waals surface area contributed by atoms with Gasteiger partial charge in [-0.25, -0.2) is 4.98 Å². The second kappa shape index (κ2) is 8.28. The number of pyridine rings is 2. The molecule has 0 bridgehead atoms. The fourth-order valence-corrected chi connectivity index (χ4v) is 5.16. The van der Waals surface area contributed by atoms with Crippen LogP contribution in [0.2, 0.25) is 5.02 Å². The first-order chi connectivity index (χ1) is 15.5. The van der Waals surface area contributed by atoms with E-state index < -0.39 is 5.54 Å².